The molecule has 1 amide bonds. The summed E-state index contributed by atoms with van der Waals surface area (Å²) in [6.07, 6.45) is 4.79. The second-order valence-corrected chi connectivity index (χ2v) is 12.1. The van der Waals surface area contributed by atoms with E-state index in [0.717, 1.165) is 102 Å². The highest BCUT2D eigenvalue weighted by atomic mass is 19.1. The van der Waals surface area contributed by atoms with Crippen LogP contribution in [0.25, 0.3) is 0 Å². The van der Waals surface area contributed by atoms with Crippen molar-refractivity contribution >= 4 is 11.6 Å². The van der Waals surface area contributed by atoms with Gasteiger partial charge >= 0.3 is 0 Å². The van der Waals surface area contributed by atoms with E-state index in [1.54, 1.807) is 26.4 Å². The van der Waals surface area contributed by atoms with Crippen molar-refractivity contribution in [3.8, 4) is 11.5 Å². The number of carbonyl (C=O) groups excluding carboxylic acids is 1. The molecular formula is C33H47FN4O3. The van der Waals surface area contributed by atoms with E-state index in [1.807, 2.05) is 24.3 Å². The van der Waals surface area contributed by atoms with Gasteiger partial charge in [0.05, 0.1) is 19.9 Å². The number of ether oxygens (including phenoxy) is 2. The first-order valence-corrected chi connectivity index (χ1v) is 15.4. The first-order chi connectivity index (χ1) is 20.0. The van der Waals surface area contributed by atoms with Gasteiger partial charge < -0.3 is 19.3 Å². The number of anilines is 1. The van der Waals surface area contributed by atoms with Crippen LogP contribution in [-0.2, 0) is 11.3 Å². The van der Waals surface area contributed by atoms with Gasteiger partial charge in [-0.3, -0.25) is 14.6 Å². The molecule has 41 heavy (non-hydrogen) atoms. The number of methoxy groups -OCH3 is 2. The van der Waals surface area contributed by atoms with Crippen molar-refractivity contribution in [3.63, 3.8) is 0 Å². The SMILES string of the molecule is COc1cccc(CN2CC[C@H](N3CCN(c4ccccc4F)CC3)[C@H](CCC(=O)N3CCC(C)CC3)C2)c1OC. The first-order valence-electron chi connectivity index (χ1n) is 15.4. The molecule has 0 spiro atoms. The number of piperidine rings is 2. The van der Waals surface area contributed by atoms with Crippen LogP contribution < -0.4 is 14.4 Å². The van der Waals surface area contributed by atoms with Gasteiger partial charge in [-0.05, 0) is 62.3 Å². The molecule has 0 aromatic heterocycles. The van der Waals surface area contributed by atoms with Crippen molar-refractivity contribution in [1.82, 2.24) is 14.7 Å². The van der Waals surface area contributed by atoms with Crippen LogP contribution in [0.2, 0.25) is 0 Å². The van der Waals surface area contributed by atoms with Gasteiger partial charge in [0, 0.05) is 70.4 Å². The maximum atomic E-state index is 14.4. The molecule has 2 aromatic rings. The van der Waals surface area contributed by atoms with Gasteiger partial charge in [0.1, 0.15) is 5.82 Å². The lowest BCUT2D eigenvalue weighted by Crippen LogP contribution is -2.57. The number of hydrogen-bond acceptors (Lipinski definition) is 6. The predicted molar refractivity (Wildman–Crippen MR) is 161 cm³/mol. The maximum absolute atomic E-state index is 14.4. The molecule has 7 nitrogen and oxygen atoms in total. The van der Waals surface area contributed by atoms with Crippen LogP contribution in [0.1, 0.15) is 44.6 Å². The molecule has 0 N–H and O–H groups in total. The van der Waals surface area contributed by atoms with Crippen LogP contribution in [0.5, 0.6) is 11.5 Å². The van der Waals surface area contributed by atoms with E-state index in [-0.39, 0.29) is 5.82 Å². The highest BCUT2D eigenvalue weighted by molar-refractivity contribution is 5.76. The Kier molecular flexibility index (Phi) is 10.0. The second-order valence-electron chi connectivity index (χ2n) is 12.1. The van der Waals surface area contributed by atoms with Crippen molar-refractivity contribution in [2.45, 2.75) is 51.6 Å². The number of carbonyl (C=O) groups is 1. The van der Waals surface area contributed by atoms with E-state index >= 15 is 0 Å². The van der Waals surface area contributed by atoms with Crippen molar-refractivity contribution in [1.29, 1.82) is 0 Å². The fourth-order valence-corrected chi connectivity index (χ4v) is 7.05. The molecule has 3 aliphatic rings. The zero-order valence-electron chi connectivity index (χ0n) is 25.1. The van der Waals surface area contributed by atoms with E-state index in [2.05, 4.69) is 32.6 Å². The second kappa shape index (κ2) is 13.9. The Morgan fingerprint density at radius 2 is 1.66 bits per heavy atom. The van der Waals surface area contributed by atoms with Crippen LogP contribution in [0.15, 0.2) is 42.5 Å². The fourth-order valence-electron chi connectivity index (χ4n) is 7.05. The molecule has 5 rings (SSSR count). The standard InChI is InChI=1S/C33H47FN4O3/c1-25-13-17-38(18-14-25)32(39)12-11-26-23-35(24-27-7-6-10-31(40-2)33(27)41-3)16-15-29(26)36-19-21-37(22-20-36)30-9-5-4-8-28(30)34/h4-10,25-26,29H,11-24H2,1-3H3/t26-,29+/m1/s1. The summed E-state index contributed by atoms with van der Waals surface area (Å²) in [6, 6.07) is 13.6. The molecule has 3 aliphatic heterocycles. The van der Waals surface area contributed by atoms with E-state index in [1.165, 1.54) is 0 Å². The van der Waals surface area contributed by atoms with E-state index in [4.69, 9.17) is 9.47 Å². The quantitative estimate of drug-likeness (QED) is 0.431. The summed E-state index contributed by atoms with van der Waals surface area (Å²) >= 11 is 0. The maximum Gasteiger partial charge on any atom is 0.222 e. The Balaban J connectivity index is 1.25. The Hall–Kier alpha value is -2.84. The van der Waals surface area contributed by atoms with Crippen molar-refractivity contribution in [2.24, 2.45) is 11.8 Å². The lowest BCUT2D eigenvalue weighted by molar-refractivity contribution is -0.133. The molecule has 0 aliphatic carbocycles. The zero-order valence-corrected chi connectivity index (χ0v) is 25.1. The van der Waals surface area contributed by atoms with Crippen molar-refractivity contribution < 1.29 is 18.7 Å². The van der Waals surface area contributed by atoms with Crippen molar-refractivity contribution in [2.75, 3.05) is 71.5 Å². The number of amides is 1. The Morgan fingerprint density at radius 1 is 0.902 bits per heavy atom. The Bertz CT molecular complexity index is 1150. The molecule has 0 radical (unpaired) electrons. The van der Waals surface area contributed by atoms with E-state index < -0.39 is 0 Å². The molecular weight excluding hydrogens is 519 g/mol. The molecule has 3 fully saturated rings. The van der Waals surface area contributed by atoms with E-state index in [0.29, 0.717) is 35.9 Å². The highest BCUT2D eigenvalue weighted by Gasteiger charge is 2.36. The number of nitrogens with zero attached hydrogens (tertiary/aromatic N) is 4. The normalized spacial score (nSPS) is 23.0. The number of halogens is 1. The average Bonchev–Trinajstić information content (AvgIpc) is 3.00. The molecule has 2 aromatic carbocycles. The molecule has 0 bridgehead atoms. The monoisotopic (exact) mass is 566 g/mol. The number of benzene rings is 2. The van der Waals surface area contributed by atoms with Crippen LogP contribution >= 0.6 is 0 Å². The third kappa shape index (κ3) is 7.15. The number of rotatable bonds is 9. The minimum Gasteiger partial charge on any atom is -0.493 e. The summed E-state index contributed by atoms with van der Waals surface area (Å²) < 4.78 is 25.7. The lowest BCUT2D eigenvalue weighted by Gasteiger charge is -2.47. The van der Waals surface area contributed by atoms with E-state index in [9.17, 15) is 9.18 Å². The smallest absolute Gasteiger partial charge is 0.222 e. The molecule has 224 valence electrons. The lowest BCUT2D eigenvalue weighted by atomic mass is 9.86. The molecule has 2 atom stereocenters. The van der Waals surface area contributed by atoms with Gasteiger partial charge in [0.15, 0.2) is 11.5 Å². The summed E-state index contributed by atoms with van der Waals surface area (Å²) in [5.41, 5.74) is 1.83. The average molecular weight is 567 g/mol. The number of piperazine rings is 1. The van der Waals surface area contributed by atoms with Gasteiger partial charge in [-0.15, -0.1) is 0 Å². The largest absolute Gasteiger partial charge is 0.493 e. The molecule has 0 unspecified atom stereocenters. The molecule has 3 saturated heterocycles. The summed E-state index contributed by atoms with van der Waals surface area (Å²) in [7, 11) is 3.37. The first kappa shape index (κ1) is 29.6. The number of hydrogen-bond donors (Lipinski definition) is 0. The van der Waals surface area contributed by atoms with Gasteiger partial charge in [-0.1, -0.05) is 31.2 Å². The minimum absolute atomic E-state index is 0.147. The molecule has 3 heterocycles. The Morgan fingerprint density at radius 3 is 2.37 bits per heavy atom. The van der Waals surface area contributed by atoms with Crippen molar-refractivity contribution in [3.05, 3.63) is 53.8 Å². The van der Waals surface area contributed by atoms with Crippen LogP contribution in [0.3, 0.4) is 0 Å². The van der Waals surface area contributed by atoms with Gasteiger partial charge in [0.2, 0.25) is 5.91 Å². The van der Waals surface area contributed by atoms with Crippen LogP contribution in [0, 0.1) is 17.7 Å². The number of para-hydroxylation sites is 2. The minimum atomic E-state index is -0.147. The Labute approximate surface area is 245 Å². The third-order valence-corrected chi connectivity index (χ3v) is 9.50. The molecule has 0 saturated carbocycles. The summed E-state index contributed by atoms with van der Waals surface area (Å²) in [5.74, 6) is 2.83. The number of likely N-dealkylation sites (tertiary alicyclic amines) is 2. The van der Waals surface area contributed by atoms with Crippen LogP contribution in [0.4, 0.5) is 10.1 Å². The predicted octanol–water partition coefficient (Wildman–Crippen LogP) is 4.89. The highest BCUT2D eigenvalue weighted by Crippen LogP contribution is 2.34. The topological polar surface area (TPSA) is 48.5 Å². The van der Waals surface area contributed by atoms with Gasteiger partial charge in [-0.25, -0.2) is 4.39 Å². The van der Waals surface area contributed by atoms with Crippen LogP contribution in [-0.4, -0.2) is 93.2 Å². The summed E-state index contributed by atoms with van der Waals surface area (Å²) in [4.78, 5) is 22.6. The van der Waals surface area contributed by atoms with Gasteiger partial charge in [0.25, 0.3) is 0 Å². The fraction of sp³-hybridized carbons (Fsp3) is 0.606. The molecule has 8 heteroatoms. The summed E-state index contributed by atoms with van der Waals surface area (Å²) in [6.45, 7) is 10.3. The zero-order chi connectivity index (χ0) is 28.8. The third-order valence-electron chi connectivity index (χ3n) is 9.50. The summed E-state index contributed by atoms with van der Waals surface area (Å²) in [5, 5.41) is 0. The van der Waals surface area contributed by atoms with Gasteiger partial charge in [-0.2, -0.15) is 0 Å².